The lowest BCUT2D eigenvalue weighted by Crippen LogP contribution is -2.51. The largest absolute Gasteiger partial charge is 0.399 e. The van der Waals surface area contributed by atoms with E-state index in [-0.39, 0.29) is 37.6 Å². The number of Topliss-reactive ketones (excluding diaryl/α,β-unsaturated/α-hetero) is 2. The van der Waals surface area contributed by atoms with E-state index in [0.29, 0.717) is 24.6 Å². The van der Waals surface area contributed by atoms with Gasteiger partial charge in [0.2, 0.25) is 17.2 Å². The molecule has 0 atom stereocenters. The summed E-state index contributed by atoms with van der Waals surface area (Å²) in [7, 11) is 0. The first-order valence-electron chi connectivity index (χ1n) is 9.75. The summed E-state index contributed by atoms with van der Waals surface area (Å²) in [6, 6.07) is 11.8. The van der Waals surface area contributed by atoms with Gasteiger partial charge in [-0.1, -0.05) is 0 Å². The van der Waals surface area contributed by atoms with E-state index < -0.39 is 23.8 Å². The normalized spacial score (nSPS) is 11.4. The van der Waals surface area contributed by atoms with Crippen LogP contribution in [0.5, 0.6) is 0 Å². The Morgan fingerprint density at radius 1 is 0.710 bits per heavy atom. The molecule has 0 aliphatic heterocycles. The lowest BCUT2D eigenvalue weighted by molar-refractivity contribution is -0.0346. The van der Waals surface area contributed by atoms with Gasteiger partial charge in [-0.15, -0.1) is 0 Å². The zero-order valence-corrected chi connectivity index (χ0v) is 17.2. The van der Waals surface area contributed by atoms with Crippen molar-refractivity contribution in [2.75, 3.05) is 57.7 Å². The second-order valence-electron chi connectivity index (χ2n) is 6.76. The maximum Gasteiger partial charge on any atom is 0.214 e. The molecule has 0 aliphatic carbocycles. The van der Waals surface area contributed by atoms with Crippen LogP contribution in [0.1, 0.15) is 20.7 Å². The number of carbonyl (C=O) groups excluding carboxylic acids is 2. The van der Waals surface area contributed by atoms with Gasteiger partial charge in [0.05, 0.1) is 46.2 Å². The minimum absolute atomic E-state index is 0.0480. The minimum Gasteiger partial charge on any atom is -0.399 e. The van der Waals surface area contributed by atoms with Crippen LogP contribution in [0.15, 0.2) is 48.5 Å². The van der Waals surface area contributed by atoms with Gasteiger partial charge < -0.3 is 35.9 Å². The molecule has 0 aromatic heterocycles. The molecule has 31 heavy (non-hydrogen) atoms. The van der Waals surface area contributed by atoms with Crippen LogP contribution in [0.25, 0.3) is 0 Å². The topological polar surface area (TPSA) is 154 Å². The third-order valence-electron chi connectivity index (χ3n) is 4.39. The lowest BCUT2D eigenvalue weighted by atomic mass is 9.86. The quantitative estimate of drug-likeness (QED) is 0.146. The van der Waals surface area contributed by atoms with E-state index in [4.69, 9.17) is 30.8 Å². The average molecular weight is 432 g/mol. The number of nitrogen functional groups attached to an aromatic ring is 2. The minimum atomic E-state index is -2.43. The number of aliphatic hydroxyl groups is 2. The first-order chi connectivity index (χ1) is 14.9. The Morgan fingerprint density at radius 3 is 1.52 bits per heavy atom. The summed E-state index contributed by atoms with van der Waals surface area (Å²) in [6.45, 7) is 0.443. The van der Waals surface area contributed by atoms with E-state index in [2.05, 4.69) is 0 Å². The van der Waals surface area contributed by atoms with E-state index in [1.54, 1.807) is 0 Å². The Morgan fingerprint density at radius 2 is 1.10 bits per heavy atom. The predicted molar refractivity (Wildman–Crippen MR) is 115 cm³/mol. The zero-order chi connectivity index (χ0) is 22.7. The van der Waals surface area contributed by atoms with Gasteiger partial charge in [0.1, 0.15) is 0 Å². The number of rotatable bonds is 14. The molecule has 2 rings (SSSR count). The van der Waals surface area contributed by atoms with Gasteiger partial charge in [0.25, 0.3) is 0 Å². The highest BCUT2D eigenvalue weighted by atomic mass is 16.5. The fourth-order valence-electron chi connectivity index (χ4n) is 2.71. The zero-order valence-electron chi connectivity index (χ0n) is 17.2. The molecule has 6 N–H and O–H groups in total. The van der Waals surface area contributed by atoms with Crippen molar-refractivity contribution in [1.29, 1.82) is 0 Å². The van der Waals surface area contributed by atoms with Crippen molar-refractivity contribution >= 4 is 22.9 Å². The van der Waals surface area contributed by atoms with E-state index in [9.17, 15) is 14.7 Å². The first-order valence-corrected chi connectivity index (χ1v) is 9.75. The highest BCUT2D eigenvalue weighted by Crippen LogP contribution is 2.22. The summed E-state index contributed by atoms with van der Waals surface area (Å²) in [5.41, 5.74) is 10.0. The fourth-order valence-corrected chi connectivity index (χ4v) is 2.71. The van der Waals surface area contributed by atoms with Crippen LogP contribution in [0.3, 0.4) is 0 Å². The summed E-state index contributed by atoms with van der Waals surface area (Å²) in [6.07, 6.45) is 0. The van der Waals surface area contributed by atoms with Crippen molar-refractivity contribution in [2.24, 2.45) is 0 Å². The predicted octanol–water partition coefficient (Wildman–Crippen LogP) is 0.690. The maximum absolute atomic E-state index is 13.0. The number of hydrogen-bond acceptors (Lipinski definition) is 9. The Bertz CT molecular complexity index is 780. The second-order valence-corrected chi connectivity index (χ2v) is 6.76. The number of aliphatic hydroxyl groups excluding tert-OH is 1. The van der Waals surface area contributed by atoms with Gasteiger partial charge in [-0.25, -0.2) is 0 Å². The molecule has 0 spiro atoms. The van der Waals surface area contributed by atoms with Crippen LogP contribution < -0.4 is 11.5 Å². The van der Waals surface area contributed by atoms with E-state index in [1.165, 1.54) is 48.5 Å². The summed E-state index contributed by atoms with van der Waals surface area (Å²) in [5.74, 6) is -1.60. The average Bonchev–Trinajstić information content (AvgIpc) is 2.78. The molecule has 0 aliphatic rings. The SMILES string of the molecule is Nc1ccc(C(=O)C(O)(COCCOCCOCCO)C(=O)c2ccc(N)cc2)cc1. The highest BCUT2D eigenvalue weighted by Gasteiger charge is 2.45. The number of carbonyl (C=O) groups is 2. The first kappa shape index (κ1) is 24.4. The number of ether oxygens (including phenoxy) is 3. The van der Waals surface area contributed by atoms with Crippen LogP contribution in [-0.2, 0) is 14.2 Å². The summed E-state index contributed by atoms with van der Waals surface area (Å²) < 4.78 is 15.8. The molecule has 168 valence electrons. The van der Waals surface area contributed by atoms with Crippen LogP contribution in [-0.4, -0.2) is 73.6 Å². The molecular formula is C22H28N2O7. The van der Waals surface area contributed by atoms with Crippen molar-refractivity contribution in [2.45, 2.75) is 5.60 Å². The Balaban J connectivity index is 2.05. The van der Waals surface area contributed by atoms with Crippen molar-refractivity contribution in [3.63, 3.8) is 0 Å². The Labute approximate surface area is 180 Å². The molecule has 0 fully saturated rings. The van der Waals surface area contributed by atoms with Gasteiger partial charge in [-0.2, -0.15) is 0 Å². The van der Waals surface area contributed by atoms with Gasteiger partial charge >= 0.3 is 0 Å². The summed E-state index contributed by atoms with van der Waals surface area (Å²) in [5, 5.41) is 19.7. The van der Waals surface area contributed by atoms with E-state index in [1.807, 2.05) is 0 Å². The number of nitrogens with two attached hydrogens (primary N) is 2. The van der Waals surface area contributed by atoms with Crippen LogP contribution in [0.2, 0.25) is 0 Å². The molecule has 0 saturated carbocycles. The van der Waals surface area contributed by atoms with Gasteiger partial charge in [-0.3, -0.25) is 9.59 Å². The Kier molecular flexibility index (Phi) is 9.57. The summed E-state index contributed by atoms with van der Waals surface area (Å²) >= 11 is 0. The van der Waals surface area contributed by atoms with Crippen LogP contribution in [0.4, 0.5) is 11.4 Å². The fraction of sp³-hybridized carbons (Fsp3) is 0.364. The smallest absolute Gasteiger partial charge is 0.214 e. The molecule has 2 aromatic carbocycles. The monoisotopic (exact) mass is 432 g/mol. The van der Waals surface area contributed by atoms with Gasteiger partial charge in [0, 0.05) is 22.5 Å². The molecule has 9 nitrogen and oxygen atoms in total. The standard InChI is InChI=1S/C22H28N2O7/c23-18-5-1-16(2-6-18)20(26)22(28,21(27)17-3-7-19(24)8-4-17)15-31-14-13-30-12-11-29-10-9-25/h1-8,25,28H,9-15,23-24H2. The maximum atomic E-state index is 13.0. The van der Waals surface area contributed by atoms with Gasteiger partial charge in [0.15, 0.2) is 0 Å². The molecule has 0 heterocycles. The molecule has 2 aromatic rings. The third-order valence-corrected chi connectivity index (χ3v) is 4.39. The second kappa shape index (κ2) is 12.1. The van der Waals surface area contributed by atoms with E-state index in [0.717, 1.165) is 0 Å². The number of benzene rings is 2. The molecule has 9 heteroatoms. The number of ketones is 2. The molecular weight excluding hydrogens is 404 g/mol. The third kappa shape index (κ3) is 7.12. The van der Waals surface area contributed by atoms with Gasteiger partial charge in [-0.05, 0) is 48.5 Å². The molecule has 0 bridgehead atoms. The molecule has 0 radical (unpaired) electrons. The Hall–Kier alpha value is -2.82. The summed E-state index contributed by atoms with van der Waals surface area (Å²) in [4.78, 5) is 26.1. The number of hydrogen-bond donors (Lipinski definition) is 4. The van der Waals surface area contributed by atoms with Crippen molar-refractivity contribution in [1.82, 2.24) is 0 Å². The van der Waals surface area contributed by atoms with Crippen LogP contribution >= 0.6 is 0 Å². The van der Waals surface area contributed by atoms with E-state index >= 15 is 0 Å². The molecule has 0 amide bonds. The highest BCUT2D eigenvalue weighted by molar-refractivity contribution is 6.22. The van der Waals surface area contributed by atoms with Crippen molar-refractivity contribution in [3.05, 3.63) is 59.7 Å². The molecule has 0 saturated heterocycles. The van der Waals surface area contributed by atoms with Crippen molar-refractivity contribution in [3.8, 4) is 0 Å². The molecule has 0 unspecified atom stereocenters. The van der Waals surface area contributed by atoms with Crippen molar-refractivity contribution < 1.29 is 34.0 Å². The lowest BCUT2D eigenvalue weighted by Gasteiger charge is -2.25. The van der Waals surface area contributed by atoms with Crippen LogP contribution in [0, 0.1) is 0 Å². The number of anilines is 2.